The molecule has 6 heteroatoms. The van der Waals surface area contributed by atoms with E-state index in [4.69, 9.17) is 9.47 Å². The fourth-order valence-electron chi connectivity index (χ4n) is 3.07. The van der Waals surface area contributed by atoms with Gasteiger partial charge in [0.1, 0.15) is 6.61 Å². The van der Waals surface area contributed by atoms with Gasteiger partial charge in [0.15, 0.2) is 0 Å². The van der Waals surface area contributed by atoms with Crippen LogP contribution in [0, 0.1) is 0 Å². The van der Waals surface area contributed by atoms with Gasteiger partial charge in [-0.15, -0.1) is 0 Å². The summed E-state index contributed by atoms with van der Waals surface area (Å²) in [6.45, 7) is 0.951. The van der Waals surface area contributed by atoms with Crippen LogP contribution in [0.5, 0.6) is 0 Å². The minimum absolute atomic E-state index is 0.123. The van der Waals surface area contributed by atoms with Crippen molar-refractivity contribution in [3.8, 4) is 0 Å². The van der Waals surface area contributed by atoms with E-state index in [2.05, 4.69) is 0 Å². The number of piperidine rings is 1. The molecule has 1 saturated heterocycles. The average molecular weight is 383 g/mol. The lowest BCUT2D eigenvalue weighted by atomic mass is 10.1. The Labute approximate surface area is 164 Å². The number of carbonyl (C=O) groups excluding carboxylic acids is 2. The minimum Gasteiger partial charge on any atom is -0.458 e. The molecule has 6 nitrogen and oxygen atoms in total. The second-order valence-electron chi connectivity index (χ2n) is 6.87. The summed E-state index contributed by atoms with van der Waals surface area (Å²) in [4.78, 5) is 26.7. The van der Waals surface area contributed by atoms with Gasteiger partial charge in [-0.3, -0.25) is 0 Å². The Bertz CT molecular complexity index is 757. The summed E-state index contributed by atoms with van der Waals surface area (Å²) in [6.07, 6.45) is -0.695. The zero-order chi connectivity index (χ0) is 19.8. The molecule has 0 spiro atoms. The topological polar surface area (TPSA) is 76.1 Å². The van der Waals surface area contributed by atoms with Crippen LogP contribution in [0.2, 0.25) is 0 Å². The zero-order valence-corrected chi connectivity index (χ0v) is 15.7. The van der Waals surface area contributed by atoms with E-state index in [-0.39, 0.29) is 19.1 Å². The van der Waals surface area contributed by atoms with Crippen LogP contribution in [0.4, 0.5) is 4.79 Å². The first kappa shape index (κ1) is 19.9. The number of nitrogens with zero attached hydrogens (tertiary/aromatic N) is 1. The second-order valence-corrected chi connectivity index (χ2v) is 6.87. The summed E-state index contributed by atoms with van der Waals surface area (Å²) in [5.74, 6) is -0.571. The van der Waals surface area contributed by atoms with Crippen LogP contribution in [-0.4, -0.2) is 47.4 Å². The fraction of sp³-hybridized carbons (Fsp3) is 0.364. The molecule has 0 bridgehead atoms. The smallest absolute Gasteiger partial charge is 0.410 e. The van der Waals surface area contributed by atoms with Crippen LogP contribution >= 0.6 is 0 Å². The lowest BCUT2D eigenvalue weighted by molar-refractivity contribution is -0.155. The summed E-state index contributed by atoms with van der Waals surface area (Å²) >= 11 is 0. The zero-order valence-electron chi connectivity index (χ0n) is 15.7. The van der Waals surface area contributed by atoms with Crippen LogP contribution in [0.15, 0.2) is 60.7 Å². The van der Waals surface area contributed by atoms with Crippen LogP contribution < -0.4 is 0 Å². The maximum absolute atomic E-state index is 12.6. The molecule has 0 saturated carbocycles. The largest absolute Gasteiger partial charge is 0.458 e. The lowest BCUT2D eigenvalue weighted by Gasteiger charge is -2.30. The SMILES string of the molecule is O=C(OCc1ccccc1)[C@H](Cc1ccccc1)OC(=O)N1CCC(O)CC1. The number of aliphatic hydroxyl groups excluding tert-OH is 1. The van der Waals surface area contributed by atoms with Gasteiger partial charge in [-0.05, 0) is 24.0 Å². The number of carbonyl (C=O) groups is 2. The van der Waals surface area contributed by atoms with Crippen molar-refractivity contribution in [1.29, 1.82) is 0 Å². The Morgan fingerprint density at radius 3 is 2.14 bits per heavy atom. The number of benzene rings is 2. The van der Waals surface area contributed by atoms with E-state index in [0.717, 1.165) is 11.1 Å². The molecule has 148 valence electrons. The number of rotatable bonds is 6. The monoisotopic (exact) mass is 383 g/mol. The molecule has 1 N–H and O–H groups in total. The molecule has 28 heavy (non-hydrogen) atoms. The Balaban J connectivity index is 1.63. The molecule has 1 amide bonds. The van der Waals surface area contributed by atoms with Gasteiger partial charge >= 0.3 is 12.1 Å². The summed E-state index contributed by atoms with van der Waals surface area (Å²) in [5.41, 5.74) is 1.75. The predicted octanol–water partition coefficient (Wildman–Crippen LogP) is 2.93. The number of amides is 1. The molecular weight excluding hydrogens is 358 g/mol. The van der Waals surface area contributed by atoms with Crippen molar-refractivity contribution in [3.05, 3.63) is 71.8 Å². The van der Waals surface area contributed by atoms with Gasteiger partial charge in [0, 0.05) is 19.5 Å². The van der Waals surface area contributed by atoms with Crippen molar-refractivity contribution in [2.75, 3.05) is 13.1 Å². The lowest BCUT2D eigenvalue weighted by Crippen LogP contribution is -2.43. The molecule has 1 atom stereocenters. The van der Waals surface area contributed by atoms with Crippen molar-refractivity contribution in [2.24, 2.45) is 0 Å². The molecule has 1 heterocycles. The van der Waals surface area contributed by atoms with Crippen molar-refractivity contribution in [2.45, 2.75) is 38.1 Å². The van der Waals surface area contributed by atoms with Crippen LogP contribution in [0.1, 0.15) is 24.0 Å². The minimum atomic E-state index is -1.02. The number of esters is 1. The van der Waals surface area contributed by atoms with Crippen LogP contribution in [-0.2, 0) is 27.3 Å². The molecule has 2 aromatic carbocycles. The first-order valence-electron chi connectivity index (χ1n) is 9.50. The standard InChI is InChI=1S/C22H25NO5/c24-19-11-13-23(14-12-19)22(26)28-20(15-17-7-3-1-4-8-17)21(25)27-16-18-9-5-2-6-10-18/h1-10,19-20,24H,11-16H2/t20-/m0/s1. The Hall–Kier alpha value is -2.86. The molecule has 3 rings (SSSR count). The second kappa shape index (κ2) is 9.90. The quantitative estimate of drug-likeness (QED) is 0.776. The van der Waals surface area contributed by atoms with E-state index in [0.29, 0.717) is 25.9 Å². The van der Waals surface area contributed by atoms with E-state index >= 15 is 0 Å². The number of likely N-dealkylation sites (tertiary alicyclic amines) is 1. The number of aliphatic hydroxyl groups is 1. The van der Waals surface area contributed by atoms with Gasteiger partial charge in [0.25, 0.3) is 0 Å². The van der Waals surface area contributed by atoms with Gasteiger partial charge in [-0.1, -0.05) is 60.7 Å². The maximum atomic E-state index is 12.6. The summed E-state index contributed by atoms with van der Waals surface area (Å²) < 4.78 is 10.9. The van der Waals surface area contributed by atoms with Crippen molar-refractivity contribution in [3.63, 3.8) is 0 Å². The molecule has 0 aromatic heterocycles. The third kappa shape index (κ3) is 5.82. The van der Waals surface area contributed by atoms with E-state index in [1.807, 2.05) is 60.7 Å². The van der Waals surface area contributed by atoms with Crippen molar-refractivity contribution in [1.82, 2.24) is 4.90 Å². The Kier molecular flexibility index (Phi) is 7.03. The average Bonchev–Trinajstić information content (AvgIpc) is 2.73. The highest BCUT2D eigenvalue weighted by molar-refractivity contribution is 5.79. The highest BCUT2D eigenvalue weighted by atomic mass is 16.6. The maximum Gasteiger partial charge on any atom is 0.410 e. The summed E-state index contributed by atoms with van der Waals surface area (Å²) in [7, 11) is 0. The fourth-order valence-corrected chi connectivity index (χ4v) is 3.07. The highest BCUT2D eigenvalue weighted by Crippen LogP contribution is 2.15. The predicted molar refractivity (Wildman–Crippen MR) is 103 cm³/mol. The van der Waals surface area contributed by atoms with Crippen molar-refractivity contribution >= 4 is 12.1 Å². The van der Waals surface area contributed by atoms with E-state index in [1.165, 1.54) is 4.90 Å². The van der Waals surface area contributed by atoms with Gasteiger partial charge in [-0.2, -0.15) is 0 Å². The van der Waals surface area contributed by atoms with E-state index < -0.39 is 18.2 Å². The van der Waals surface area contributed by atoms with E-state index in [9.17, 15) is 14.7 Å². The van der Waals surface area contributed by atoms with Gasteiger partial charge in [0.05, 0.1) is 6.10 Å². The molecule has 1 fully saturated rings. The third-order valence-corrected chi connectivity index (χ3v) is 4.72. The number of ether oxygens (including phenoxy) is 2. The third-order valence-electron chi connectivity index (χ3n) is 4.72. The summed E-state index contributed by atoms with van der Waals surface area (Å²) in [5, 5.41) is 9.60. The van der Waals surface area contributed by atoms with Gasteiger partial charge in [-0.25, -0.2) is 9.59 Å². The Morgan fingerprint density at radius 1 is 0.964 bits per heavy atom. The van der Waals surface area contributed by atoms with Crippen LogP contribution in [0.3, 0.4) is 0 Å². The molecule has 1 aliphatic rings. The summed E-state index contributed by atoms with van der Waals surface area (Å²) in [6, 6.07) is 18.7. The number of hydrogen-bond donors (Lipinski definition) is 1. The molecule has 2 aromatic rings. The first-order valence-corrected chi connectivity index (χ1v) is 9.50. The molecule has 0 aliphatic carbocycles. The number of hydrogen-bond acceptors (Lipinski definition) is 5. The molecular formula is C22H25NO5. The first-order chi connectivity index (χ1) is 13.6. The van der Waals surface area contributed by atoms with Crippen molar-refractivity contribution < 1.29 is 24.2 Å². The van der Waals surface area contributed by atoms with Crippen LogP contribution in [0.25, 0.3) is 0 Å². The highest BCUT2D eigenvalue weighted by Gasteiger charge is 2.29. The Morgan fingerprint density at radius 2 is 1.54 bits per heavy atom. The normalized spacial score (nSPS) is 15.7. The van der Waals surface area contributed by atoms with Gasteiger partial charge in [0.2, 0.25) is 6.10 Å². The molecule has 0 unspecified atom stereocenters. The molecule has 0 radical (unpaired) electrons. The molecule has 1 aliphatic heterocycles. The van der Waals surface area contributed by atoms with Gasteiger partial charge < -0.3 is 19.5 Å². The van der Waals surface area contributed by atoms with E-state index in [1.54, 1.807) is 0 Å².